The summed E-state index contributed by atoms with van der Waals surface area (Å²) in [5, 5.41) is 6.42. The molecule has 1 aliphatic carbocycles. The summed E-state index contributed by atoms with van der Waals surface area (Å²) in [6, 6.07) is 0.843. The van der Waals surface area contributed by atoms with Crippen LogP contribution >= 0.6 is 0 Å². The molecule has 0 aromatic heterocycles. The number of amides is 1. The van der Waals surface area contributed by atoms with E-state index in [9.17, 15) is 4.79 Å². The van der Waals surface area contributed by atoms with Gasteiger partial charge in [0.25, 0.3) is 0 Å². The summed E-state index contributed by atoms with van der Waals surface area (Å²) in [5.41, 5.74) is -0.434. The predicted octanol–water partition coefficient (Wildman–Crippen LogP) is 2.92. The van der Waals surface area contributed by atoms with Gasteiger partial charge in [0.1, 0.15) is 5.60 Å². The molecule has 112 valence electrons. The van der Waals surface area contributed by atoms with Gasteiger partial charge < -0.3 is 15.4 Å². The number of rotatable bonds is 4. The molecule has 0 aliphatic heterocycles. The molecule has 1 rings (SSSR count). The molecule has 4 heteroatoms. The first-order chi connectivity index (χ1) is 8.69. The van der Waals surface area contributed by atoms with Crippen LogP contribution in [0.5, 0.6) is 0 Å². The second-order valence-corrected chi connectivity index (χ2v) is 6.97. The quantitative estimate of drug-likeness (QED) is 0.826. The third-order valence-corrected chi connectivity index (χ3v) is 3.92. The van der Waals surface area contributed by atoms with Gasteiger partial charge in [0.2, 0.25) is 0 Å². The van der Waals surface area contributed by atoms with Crippen molar-refractivity contribution in [2.24, 2.45) is 11.8 Å². The Bertz CT molecular complexity index is 299. The van der Waals surface area contributed by atoms with Crippen molar-refractivity contribution in [3.8, 4) is 0 Å². The molecule has 1 saturated carbocycles. The van der Waals surface area contributed by atoms with E-state index in [0.717, 1.165) is 5.92 Å². The fourth-order valence-corrected chi connectivity index (χ4v) is 2.57. The van der Waals surface area contributed by atoms with Gasteiger partial charge >= 0.3 is 6.09 Å². The van der Waals surface area contributed by atoms with Gasteiger partial charge in [-0.3, -0.25) is 0 Å². The molecular formula is C15H30N2O2. The van der Waals surface area contributed by atoms with Crippen LogP contribution in [0.1, 0.15) is 54.4 Å². The monoisotopic (exact) mass is 270 g/mol. The molecule has 4 unspecified atom stereocenters. The second kappa shape index (κ2) is 6.60. The summed E-state index contributed by atoms with van der Waals surface area (Å²) in [7, 11) is 0. The van der Waals surface area contributed by atoms with Crippen LogP contribution in [0.3, 0.4) is 0 Å². The van der Waals surface area contributed by atoms with Crippen molar-refractivity contribution < 1.29 is 9.53 Å². The Labute approximate surface area is 117 Å². The Hall–Kier alpha value is -0.770. The Morgan fingerprint density at radius 2 is 1.95 bits per heavy atom. The van der Waals surface area contributed by atoms with Gasteiger partial charge in [-0.25, -0.2) is 4.79 Å². The van der Waals surface area contributed by atoms with Gasteiger partial charge in [-0.1, -0.05) is 13.8 Å². The first kappa shape index (κ1) is 16.3. The van der Waals surface area contributed by atoms with E-state index in [1.807, 2.05) is 20.8 Å². The maximum Gasteiger partial charge on any atom is 0.407 e. The topological polar surface area (TPSA) is 50.4 Å². The van der Waals surface area contributed by atoms with Crippen LogP contribution in [0, 0.1) is 11.8 Å². The number of ether oxygens (including phenoxy) is 1. The van der Waals surface area contributed by atoms with E-state index < -0.39 is 5.60 Å². The number of alkyl carbamates (subject to hydrolysis) is 1. The molecule has 4 atom stereocenters. The van der Waals surface area contributed by atoms with E-state index in [-0.39, 0.29) is 12.1 Å². The molecular weight excluding hydrogens is 240 g/mol. The smallest absolute Gasteiger partial charge is 0.407 e. The van der Waals surface area contributed by atoms with Crippen molar-refractivity contribution in [2.45, 2.75) is 72.1 Å². The lowest BCUT2D eigenvalue weighted by Crippen LogP contribution is -2.46. The minimum atomic E-state index is -0.434. The molecule has 0 aromatic carbocycles. The van der Waals surface area contributed by atoms with Crippen LogP contribution in [0.4, 0.5) is 4.79 Å². The number of carbonyl (C=O) groups is 1. The summed E-state index contributed by atoms with van der Waals surface area (Å²) in [6.07, 6.45) is 2.19. The van der Waals surface area contributed by atoms with Crippen LogP contribution < -0.4 is 10.6 Å². The summed E-state index contributed by atoms with van der Waals surface area (Å²) in [5.74, 6) is 1.51. The normalized spacial score (nSPS) is 29.1. The molecule has 1 amide bonds. The molecule has 2 N–H and O–H groups in total. The Kier molecular flexibility index (Phi) is 5.65. The van der Waals surface area contributed by atoms with E-state index in [4.69, 9.17) is 4.74 Å². The predicted molar refractivity (Wildman–Crippen MR) is 78.2 cm³/mol. The van der Waals surface area contributed by atoms with Crippen LogP contribution in [0.15, 0.2) is 0 Å². The van der Waals surface area contributed by atoms with Gasteiger partial charge in [0, 0.05) is 18.6 Å². The van der Waals surface area contributed by atoms with Crippen molar-refractivity contribution in [1.29, 1.82) is 0 Å². The van der Waals surface area contributed by atoms with E-state index in [2.05, 4.69) is 31.4 Å². The molecule has 0 bridgehead atoms. The largest absolute Gasteiger partial charge is 0.444 e. The maximum absolute atomic E-state index is 11.6. The van der Waals surface area contributed by atoms with Crippen LogP contribution in [-0.4, -0.2) is 30.3 Å². The van der Waals surface area contributed by atoms with Crippen LogP contribution in [-0.2, 0) is 4.74 Å². The highest BCUT2D eigenvalue weighted by Crippen LogP contribution is 2.31. The van der Waals surface area contributed by atoms with E-state index in [1.165, 1.54) is 12.8 Å². The van der Waals surface area contributed by atoms with Gasteiger partial charge in [0.05, 0.1) is 0 Å². The average Bonchev–Trinajstić information content (AvgIpc) is 2.56. The van der Waals surface area contributed by atoms with Crippen molar-refractivity contribution in [1.82, 2.24) is 10.6 Å². The summed E-state index contributed by atoms with van der Waals surface area (Å²) >= 11 is 0. The second-order valence-electron chi connectivity index (χ2n) is 6.97. The maximum atomic E-state index is 11.6. The number of hydrogen-bond acceptors (Lipinski definition) is 3. The molecule has 0 aromatic rings. The lowest BCUT2D eigenvalue weighted by atomic mass is 9.97. The fourth-order valence-electron chi connectivity index (χ4n) is 2.57. The van der Waals surface area contributed by atoms with E-state index >= 15 is 0 Å². The highest BCUT2D eigenvalue weighted by atomic mass is 16.6. The average molecular weight is 270 g/mol. The number of nitrogens with one attached hydrogen (secondary N) is 2. The van der Waals surface area contributed by atoms with Gasteiger partial charge in [-0.05, 0) is 52.4 Å². The third kappa shape index (κ3) is 5.81. The van der Waals surface area contributed by atoms with Gasteiger partial charge in [0.15, 0.2) is 0 Å². The lowest BCUT2D eigenvalue weighted by Gasteiger charge is -2.25. The Morgan fingerprint density at radius 1 is 1.32 bits per heavy atom. The minimum Gasteiger partial charge on any atom is -0.444 e. The SMILES string of the molecule is CC(CNC(=O)OC(C)(C)C)NC1CCC(C)C1C. The zero-order valence-corrected chi connectivity index (χ0v) is 13.2. The Morgan fingerprint density at radius 3 is 2.42 bits per heavy atom. The highest BCUT2D eigenvalue weighted by molar-refractivity contribution is 5.67. The van der Waals surface area contributed by atoms with Gasteiger partial charge in [-0.15, -0.1) is 0 Å². The fraction of sp³-hybridized carbons (Fsp3) is 0.933. The molecule has 1 fully saturated rings. The van der Waals surface area contributed by atoms with E-state index in [0.29, 0.717) is 18.5 Å². The van der Waals surface area contributed by atoms with Crippen LogP contribution in [0.25, 0.3) is 0 Å². The zero-order chi connectivity index (χ0) is 14.6. The molecule has 0 heterocycles. The molecule has 0 radical (unpaired) electrons. The standard InChI is InChI=1S/C15H30N2O2/c1-10-7-8-13(12(10)3)17-11(2)9-16-14(18)19-15(4,5)6/h10-13,17H,7-9H2,1-6H3,(H,16,18). The lowest BCUT2D eigenvalue weighted by molar-refractivity contribution is 0.0522. The van der Waals surface area contributed by atoms with Crippen molar-refractivity contribution in [3.63, 3.8) is 0 Å². The number of hydrogen-bond donors (Lipinski definition) is 2. The highest BCUT2D eigenvalue weighted by Gasteiger charge is 2.30. The minimum absolute atomic E-state index is 0.269. The Balaban J connectivity index is 2.25. The van der Waals surface area contributed by atoms with Crippen molar-refractivity contribution in [3.05, 3.63) is 0 Å². The molecule has 0 spiro atoms. The van der Waals surface area contributed by atoms with Gasteiger partial charge in [-0.2, -0.15) is 0 Å². The summed E-state index contributed by atoms with van der Waals surface area (Å²) in [6.45, 7) is 12.9. The number of carbonyl (C=O) groups excluding carboxylic acids is 1. The summed E-state index contributed by atoms with van der Waals surface area (Å²) < 4.78 is 5.22. The third-order valence-electron chi connectivity index (χ3n) is 3.92. The van der Waals surface area contributed by atoms with E-state index in [1.54, 1.807) is 0 Å². The molecule has 4 nitrogen and oxygen atoms in total. The first-order valence-corrected chi connectivity index (χ1v) is 7.42. The van der Waals surface area contributed by atoms with Crippen molar-refractivity contribution in [2.75, 3.05) is 6.54 Å². The van der Waals surface area contributed by atoms with Crippen molar-refractivity contribution >= 4 is 6.09 Å². The zero-order valence-electron chi connectivity index (χ0n) is 13.2. The first-order valence-electron chi connectivity index (χ1n) is 7.42. The molecule has 1 aliphatic rings. The molecule has 19 heavy (non-hydrogen) atoms. The molecule has 0 saturated heterocycles. The van der Waals surface area contributed by atoms with Crippen LogP contribution in [0.2, 0.25) is 0 Å². The summed E-state index contributed by atoms with van der Waals surface area (Å²) in [4.78, 5) is 11.6.